The number of hydrogen-bond acceptors (Lipinski definition) is 5. The fourth-order valence-corrected chi connectivity index (χ4v) is 3.92. The van der Waals surface area contributed by atoms with Crippen LogP contribution in [0, 0.1) is 12.3 Å². The number of aromatic carboxylic acids is 1. The first-order chi connectivity index (χ1) is 8.97. The lowest BCUT2D eigenvalue weighted by Crippen LogP contribution is -2.42. The van der Waals surface area contributed by atoms with Gasteiger partial charge in [0.25, 0.3) is 0 Å². The number of rotatable bonds is 6. The molecule has 0 atom stereocenters. The van der Waals surface area contributed by atoms with Crippen molar-refractivity contribution in [3.63, 3.8) is 0 Å². The van der Waals surface area contributed by atoms with Crippen LogP contribution in [-0.2, 0) is 14.8 Å². The molecule has 112 valence electrons. The van der Waals surface area contributed by atoms with Crippen LogP contribution < -0.4 is 10.5 Å². The molecule has 0 saturated carbocycles. The molecule has 0 aromatic carbocycles. The summed E-state index contributed by atoms with van der Waals surface area (Å²) in [4.78, 5) is 22.2. The maximum absolute atomic E-state index is 12.1. The third kappa shape index (κ3) is 3.56. The molecule has 0 fully saturated rings. The van der Waals surface area contributed by atoms with Crippen LogP contribution >= 0.6 is 11.3 Å². The maximum atomic E-state index is 12.1. The number of carbonyl (C=O) groups is 2. The highest BCUT2D eigenvalue weighted by Gasteiger charge is 2.29. The molecule has 20 heavy (non-hydrogen) atoms. The van der Waals surface area contributed by atoms with Crippen molar-refractivity contribution in [3.8, 4) is 0 Å². The van der Waals surface area contributed by atoms with Crippen LogP contribution in [0.5, 0.6) is 0 Å². The number of hydrogen-bond donors (Lipinski definition) is 3. The van der Waals surface area contributed by atoms with E-state index >= 15 is 0 Å². The second-order valence-electron chi connectivity index (χ2n) is 4.91. The number of thiophene rings is 1. The lowest BCUT2D eigenvalue weighted by atomic mass is 9.93. The molecular weight excluding hydrogens is 304 g/mol. The van der Waals surface area contributed by atoms with Gasteiger partial charge in [-0.3, -0.25) is 4.79 Å². The minimum Gasteiger partial charge on any atom is -0.477 e. The molecule has 1 aromatic heterocycles. The van der Waals surface area contributed by atoms with Gasteiger partial charge in [-0.1, -0.05) is 0 Å². The summed E-state index contributed by atoms with van der Waals surface area (Å²) in [7, 11) is -3.88. The minimum absolute atomic E-state index is 0.0583. The lowest BCUT2D eigenvalue weighted by Gasteiger charge is -2.20. The maximum Gasteiger partial charge on any atom is 0.345 e. The topological polar surface area (TPSA) is 127 Å². The summed E-state index contributed by atoms with van der Waals surface area (Å²) in [5, 5.41) is 8.85. The van der Waals surface area contributed by atoms with Crippen molar-refractivity contribution >= 4 is 33.2 Å². The lowest BCUT2D eigenvalue weighted by molar-refractivity contribution is -0.125. The Morgan fingerprint density at radius 2 is 2.00 bits per heavy atom. The molecule has 1 rings (SSSR count). The highest BCUT2D eigenvalue weighted by atomic mass is 32.2. The number of carbonyl (C=O) groups excluding carboxylic acids is 1. The molecule has 0 unspecified atom stereocenters. The zero-order chi connectivity index (χ0) is 15.7. The molecule has 0 spiro atoms. The fourth-order valence-electron chi connectivity index (χ4n) is 1.28. The van der Waals surface area contributed by atoms with Gasteiger partial charge >= 0.3 is 5.97 Å². The van der Waals surface area contributed by atoms with Gasteiger partial charge in [0.05, 0.1) is 10.3 Å². The summed E-state index contributed by atoms with van der Waals surface area (Å²) in [6.45, 7) is 4.38. The first kappa shape index (κ1) is 16.6. The zero-order valence-corrected chi connectivity index (χ0v) is 12.9. The van der Waals surface area contributed by atoms with Crippen LogP contribution in [0.15, 0.2) is 11.0 Å². The molecule has 1 aromatic rings. The Balaban J connectivity index is 3.01. The van der Waals surface area contributed by atoms with Gasteiger partial charge in [0, 0.05) is 11.4 Å². The number of nitrogens with one attached hydrogen (secondary N) is 1. The Morgan fingerprint density at radius 3 is 2.40 bits per heavy atom. The van der Waals surface area contributed by atoms with Crippen molar-refractivity contribution in [2.45, 2.75) is 25.7 Å². The highest BCUT2D eigenvalue weighted by molar-refractivity contribution is 7.89. The first-order valence-corrected chi connectivity index (χ1v) is 7.90. The van der Waals surface area contributed by atoms with Crippen molar-refractivity contribution < 1.29 is 23.1 Å². The summed E-state index contributed by atoms with van der Waals surface area (Å²) in [6.07, 6.45) is 0. The summed E-state index contributed by atoms with van der Waals surface area (Å²) in [5.74, 6) is -1.81. The van der Waals surface area contributed by atoms with Crippen LogP contribution in [0.3, 0.4) is 0 Å². The minimum atomic E-state index is -3.88. The SMILES string of the molecule is Cc1sc(C(=O)O)cc1S(=O)(=O)NCC(C)(C)C(N)=O. The molecular formula is C11H16N2O5S2. The van der Waals surface area contributed by atoms with Gasteiger partial charge in [-0.05, 0) is 26.8 Å². The van der Waals surface area contributed by atoms with E-state index < -0.39 is 27.3 Å². The van der Waals surface area contributed by atoms with Gasteiger partial charge in [0.1, 0.15) is 4.88 Å². The van der Waals surface area contributed by atoms with Gasteiger partial charge in [-0.2, -0.15) is 0 Å². The van der Waals surface area contributed by atoms with E-state index in [1.165, 1.54) is 20.8 Å². The predicted molar refractivity (Wildman–Crippen MR) is 74.2 cm³/mol. The first-order valence-electron chi connectivity index (χ1n) is 5.60. The van der Waals surface area contributed by atoms with E-state index in [0.717, 1.165) is 17.4 Å². The Hall–Kier alpha value is -1.45. The van der Waals surface area contributed by atoms with Crippen LogP contribution in [-0.4, -0.2) is 31.9 Å². The van der Waals surface area contributed by atoms with E-state index in [-0.39, 0.29) is 16.3 Å². The molecule has 4 N–H and O–H groups in total. The average Bonchev–Trinajstić information content (AvgIpc) is 2.70. The van der Waals surface area contributed by atoms with E-state index in [4.69, 9.17) is 10.8 Å². The number of carboxylic acid groups (broad SMARTS) is 1. The van der Waals surface area contributed by atoms with E-state index in [2.05, 4.69) is 4.72 Å². The summed E-state index contributed by atoms with van der Waals surface area (Å²) >= 11 is 0.879. The second kappa shape index (κ2) is 5.51. The van der Waals surface area contributed by atoms with E-state index in [9.17, 15) is 18.0 Å². The smallest absolute Gasteiger partial charge is 0.345 e. The van der Waals surface area contributed by atoms with Crippen molar-refractivity contribution in [1.82, 2.24) is 4.72 Å². The van der Waals surface area contributed by atoms with Crippen LogP contribution in [0.25, 0.3) is 0 Å². The molecule has 7 nitrogen and oxygen atoms in total. The molecule has 0 bridgehead atoms. The standard InChI is InChI=1S/C11H16N2O5S2/c1-6-8(4-7(19-6)9(14)15)20(17,18)13-5-11(2,3)10(12)16/h4,13H,5H2,1-3H3,(H2,12,16)(H,14,15). The average molecular weight is 320 g/mol. The van der Waals surface area contributed by atoms with Crippen molar-refractivity contribution in [2.24, 2.45) is 11.1 Å². The Labute approximate surface area is 120 Å². The quantitative estimate of drug-likeness (QED) is 0.705. The fraction of sp³-hybridized carbons (Fsp3) is 0.455. The Morgan fingerprint density at radius 1 is 1.45 bits per heavy atom. The number of primary amides is 1. The van der Waals surface area contributed by atoms with Crippen molar-refractivity contribution in [2.75, 3.05) is 6.54 Å². The molecule has 1 amide bonds. The number of carboxylic acids is 1. The van der Waals surface area contributed by atoms with Crippen LogP contribution in [0.2, 0.25) is 0 Å². The molecule has 0 aliphatic rings. The molecule has 0 aliphatic carbocycles. The van der Waals surface area contributed by atoms with Crippen molar-refractivity contribution in [1.29, 1.82) is 0 Å². The summed E-state index contributed by atoms with van der Waals surface area (Å²) in [6, 6.07) is 1.10. The van der Waals surface area contributed by atoms with Crippen LogP contribution in [0.1, 0.15) is 28.4 Å². The van der Waals surface area contributed by atoms with E-state index in [1.54, 1.807) is 0 Å². The summed E-state index contributed by atoms with van der Waals surface area (Å²) in [5.41, 5.74) is 4.13. The van der Waals surface area contributed by atoms with Gasteiger partial charge in [0.15, 0.2) is 0 Å². The van der Waals surface area contributed by atoms with Gasteiger partial charge < -0.3 is 10.8 Å². The Bertz CT molecular complexity index is 646. The second-order valence-corrected chi connectivity index (χ2v) is 7.90. The largest absolute Gasteiger partial charge is 0.477 e. The van der Waals surface area contributed by atoms with Gasteiger partial charge in [-0.15, -0.1) is 11.3 Å². The van der Waals surface area contributed by atoms with Gasteiger partial charge in [0.2, 0.25) is 15.9 Å². The van der Waals surface area contributed by atoms with E-state index in [0.29, 0.717) is 4.88 Å². The molecule has 0 saturated heterocycles. The van der Waals surface area contributed by atoms with Gasteiger partial charge in [-0.25, -0.2) is 17.9 Å². The molecule has 0 aliphatic heterocycles. The normalized spacial score (nSPS) is 12.3. The molecule has 0 radical (unpaired) electrons. The monoisotopic (exact) mass is 320 g/mol. The van der Waals surface area contributed by atoms with E-state index in [1.807, 2.05) is 0 Å². The number of amides is 1. The molecule has 1 heterocycles. The number of sulfonamides is 1. The van der Waals surface area contributed by atoms with Crippen molar-refractivity contribution in [3.05, 3.63) is 15.8 Å². The zero-order valence-electron chi connectivity index (χ0n) is 11.3. The molecule has 9 heteroatoms. The van der Waals surface area contributed by atoms with Crippen LogP contribution in [0.4, 0.5) is 0 Å². The third-order valence-electron chi connectivity index (χ3n) is 2.74. The third-order valence-corrected chi connectivity index (χ3v) is 5.44. The highest BCUT2D eigenvalue weighted by Crippen LogP contribution is 2.26. The number of nitrogens with two attached hydrogens (primary N) is 1. The predicted octanol–water partition coefficient (Wildman–Crippen LogP) is 0.545. The summed E-state index contributed by atoms with van der Waals surface area (Å²) < 4.78 is 26.5. The Kier molecular flexibility index (Phi) is 4.57. The number of aryl methyl sites for hydroxylation is 1.